The van der Waals surface area contributed by atoms with Crippen molar-refractivity contribution in [3.8, 4) is 11.8 Å². The molecule has 192 valence electrons. The zero-order valence-electron chi connectivity index (χ0n) is 20.4. The highest BCUT2D eigenvalue weighted by Crippen LogP contribution is 2.44. The Labute approximate surface area is 220 Å². The molecular formula is C28H31ClO6S. The maximum Gasteiger partial charge on any atom is 0.313 e. The highest BCUT2D eigenvalue weighted by molar-refractivity contribution is 7.19. The lowest BCUT2D eigenvalue weighted by Crippen LogP contribution is -2.31. The Morgan fingerprint density at radius 2 is 2.06 bits per heavy atom. The van der Waals surface area contributed by atoms with Crippen LogP contribution in [0.3, 0.4) is 0 Å². The van der Waals surface area contributed by atoms with Crippen molar-refractivity contribution in [1.82, 2.24) is 0 Å². The van der Waals surface area contributed by atoms with Gasteiger partial charge in [0.2, 0.25) is 0 Å². The van der Waals surface area contributed by atoms with E-state index in [0.717, 1.165) is 20.0 Å². The highest BCUT2D eigenvalue weighted by Gasteiger charge is 2.53. The predicted octanol–water partition coefficient (Wildman–Crippen LogP) is 4.87. The molecule has 0 spiro atoms. The van der Waals surface area contributed by atoms with Crippen LogP contribution in [0.15, 0.2) is 36.4 Å². The van der Waals surface area contributed by atoms with E-state index < -0.39 is 35.4 Å². The molecule has 0 amide bonds. The van der Waals surface area contributed by atoms with Crippen molar-refractivity contribution >= 4 is 51.2 Å². The number of esters is 1. The van der Waals surface area contributed by atoms with Crippen molar-refractivity contribution in [3.05, 3.63) is 46.3 Å². The van der Waals surface area contributed by atoms with E-state index in [1.54, 1.807) is 37.3 Å². The fourth-order valence-electron chi connectivity index (χ4n) is 4.53. The van der Waals surface area contributed by atoms with Crippen LogP contribution in [-0.4, -0.2) is 40.6 Å². The minimum atomic E-state index is -0.907. The monoisotopic (exact) mass is 530 g/mol. The largest absolute Gasteiger partial charge is 0.395 e. The molecule has 0 aliphatic heterocycles. The smallest absolute Gasteiger partial charge is 0.313 e. The van der Waals surface area contributed by atoms with Gasteiger partial charge in [0, 0.05) is 46.1 Å². The molecule has 0 radical (unpaired) electrons. The van der Waals surface area contributed by atoms with Gasteiger partial charge < -0.3 is 14.9 Å². The van der Waals surface area contributed by atoms with Gasteiger partial charge in [0.25, 0.3) is 0 Å². The number of fused-ring (bicyclic) bond motifs is 1. The molecule has 0 saturated heterocycles. The lowest BCUT2D eigenvalue weighted by molar-refractivity contribution is -0.151. The van der Waals surface area contributed by atoms with Crippen LogP contribution in [0, 0.1) is 29.1 Å². The zero-order chi connectivity index (χ0) is 26.3. The lowest BCUT2D eigenvalue weighted by atomic mass is 9.86. The Morgan fingerprint density at radius 3 is 2.78 bits per heavy atom. The summed E-state index contributed by atoms with van der Waals surface area (Å²) in [5, 5.41) is 23.2. The number of ketones is 1. The Balaban J connectivity index is 1.59. The molecular weight excluding hydrogens is 500 g/mol. The highest BCUT2D eigenvalue weighted by atomic mass is 35.5. The molecule has 6 nitrogen and oxygen atoms in total. The number of hydrogen-bond acceptors (Lipinski definition) is 7. The first-order chi connectivity index (χ1) is 17.2. The van der Waals surface area contributed by atoms with Gasteiger partial charge in [-0.1, -0.05) is 55.8 Å². The van der Waals surface area contributed by atoms with Crippen LogP contribution < -0.4 is 0 Å². The van der Waals surface area contributed by atoms with E-state index in [2.05, 4.69) is 16.6 Å². The maximum absolute atomic E-state index is 13.0. The minimum absolute atomic E-state index is 0.0555. The van der Waals surface area contributed by atoms with Gasteiger partial charge in [0.05, 0.1) is 22.6 Å². The molecule has 1 saturated carbocycles. The second-order valence-corrected chi connectivity index (χ2v) is 11.1. The first kappa shape index (κ1) is 28.1. The van der Waals surface area contributed by atoms with Crippen molar-refractivity contribution in [2.24, 2.45) is 17.3 Å². The van der Waals surface area contributed by atoms with Crippen LogP contribution in [0.1, 0.15) is 50.8 Å². The van der Waals surface area contributed by atoms with Crippen molar-refractivity contribution in [3.63, 3.8) is 0 Å². The third kappa shape index (κ3) is 6.63. The van der Waals surface area contributed by atoms with Crippen LogP contribution in [0.5, 0.6) is 0 Å². The number of carbonyl (C=O) groups is 3. The van der Waals surface area contributed by atoms with Crippen LogP contribution in [0.2, 0.25) is 5.02 Å². The molecule has 1 aliphatic rings. The number of unbranched alkanes of at least 4 members (excludes halogenated alkanes) is 1. The summed E-state index contributed by atoms with van der Waals surface area (Å²) in [5.41, 5.74) is -0.907. The molecule has 1 heterocycles. The van der Waals surface area contributed by atoms with E-state index in [0.29, 0.717) is 25.7 Å². The average molecular weight is 531 g/mol. The normalized spacial score (nSPS) is 21.9. The van der Waals surface area contributed by atoms with E-state index >= 15 is 0 Å². The molecule has 0 bridgehead atoms. The van der Waals surface area contributed by atoms with Crippen molar-refractivity contribution in [1.29, 1.82) is 0 Å². The summed E-state index contributed by atoms with van der Waals surface area (Å²) >= 11 is 8.13. The molecule has 36 heavy (non-hydrogen) atoms. The number of aliphatic hydroxyl groups is 2. The SMILES string of the molecule is CC1(C)C(=O)[C@H](CC#CCCCC(=O)OC=O)[C@@H](C=CC(O)CCc2sc3ccccc3c2Cl)[C@@H]1O. The summed E-state index contributed by atoms with van der Waals surface area (Å²) in [7, 11) is 0. The third-order valence-corrected chi connectivity index (χ3v) is 8.45. The predicted molar refractivity (Wildman–Crippen MR) is 140 cm³/mol. The van der Waals surface area contributed by atoms with E-state index in [-0.39, 0.29) is 25.1 Å². The van der Waals surface area contributed by atoms with E-state index in [1.165, 1.54) is 0 Å². The van der Waals surface area contributed by atoms with Crippen LogP contribution in [0.25, 0.3) is 10.1 Å². The van der Waals surface area contributed by atoms with Crippen LogP contribution in [0.4, 0.5) is 0 Å². The number of thiophene rings is 1. The first-order valence-electron chi connectivity index (χ1n) is 12.0. The number of benzene rings is 1. The fourth-order valence-corrected chi connectivity index (χ4v) is 6.07. The Kier molecular flexibility index (Phi) is 9.86. The molecule has 3 rings (SSSR count). The second-order valence-electron chi connectivity index (χ2n) is 9.54. The maximum atomic E-state index is 13.0. The topological polar surface area (TPSA) is 101 Å². The number of aryl methyl sites for hydroxylation is 1. The second kappa shape index (κ2) is 12.6. The molecule has 4 atom stereocenters. The fraction of sp³-hybridized carbons (Fsp3) is 0.464. The number of hydrogen-bond donors (Lipinski definition) is 2. The van der Waals surface area contributed by atoms with E-state index in [9.17, 15) is 24.6 Å². The summed E-state index contributed by atoms with van der Waals surface area (Å²) in [5.74, 6) is 4.35. The molecule has 2 N–H and O–H groups in total. The van der Waals surface area contributed by atoms with Gasteiger partial charge in [0.15, 0.2) is 0 Å². The molecule has 2 aromatic rings. The van der Waals surface area contributed by atoms with Gasteiger partial charge in [-0.25, -0.2) is 0 Å². The Morgan fingerprint density at radius 1 is 1.31 bits per heavy atom. The van der Waals surface area contributed by atoms with Gasteiger partial charge in [-0.15, -0.1) is 23.2 Å². The summed E-state index contributed by atoms with van der Waals surface area (Å²) in [4.78, 5) is 35.3. The summed E-state index contributed by atoms with van der Waals surface area (Å²) in [6.45, 7) is 3.57. The minimum Gasteiger partial charge on any atom is -0.395 e. The number of Topliss-reactive ketones (excluding diaryl/α,β-unsaturated/α-hetero) is 1. The van der Waals surface area contributed by atoms with Crippen molar-refractivity contribution < 1.29 is 29.3 Å². The molecule has 1 unspecified atom stereocenters. The third-order valence-electron chi connectivity index (χ3n) is 6.67. The molecule has 1 aliphatic carbocycles. The molecule has 1 fully saturated rings. The van der Waals surface area contributed by atoms with E-state index in [4.69, 9.17) is 11.6 Å². The van der Waals surface area contributed by atoms with Gasteiger partial charge in [0.1, 0.15) is 5.78 Å². The van der Waals surface area contributed by atoms with Crippen LogP contribution in [-0.2, 0) is 25.5 Å². The Hall–Kier alpha value is -2.50. The summed E-state index contributed by atoms with van der Waals surface area (Å²) < 4.78 is 5.34. The Bertz CT molecular complexity index is 1190. The number of carbonyl (C=O) groups excluding carboxylic acids is 3. The molecule has 1 aromatic carbocycles. The standard InChI is InChI=1S/C28H31ClO6S/c1-28(2)26(33)19(9-5-3-4-6-12-24(32)35-17-30)20(27(28)34)15-13-18(31)14-16-23-25(29)21-10-7-8-11-22(21)36-23/h7-8,10-11,13,15,17-20,27,31,34H,4,6,9,12,14,16H2,1-2H3/t18?,19-,20-,27+/m1/s1. The number of halogens is 1. The lowest BCUT2D eigenvalue weighted by Gasteiger charge is -2.22. The number of aliphatic hydroxyl groups excluding tert-OH is 2. The van der Waals surface area contributed by atoms with Gasteiger partial charge in [-0.05, 0) is 25.3 Å². The number of rotatable bonds is 10. The van der Waals surface area contributed by atoms with Gasteiger partial charge in [-0.2, -0.15) is 0 Å². The van der Waals surface area contributed by atoms with Gasteiger partial charge in [-0.3, -0.25) is 14.4 Å². The summed E-state index contributed by atoms with van der Waals surface area (Å²) in [6.07, 6.45) is 4.13. The quantitative estimate of drug-likeness (QED) is 0.113. The first-order valence-corrected chi connectivity index (χ1v) is 13.2. The van der Waals surface area contributed by atoms with Crippen LogP contribution >= 0.6 is 22.9 Å². The van der Waals surface area contributed by atoms with Crippen molar-refractivity contribution in [2.45, 2.75) is 64.6 Å². The van der Waals surface area contributed by atoms with Gasteiger partial charge >= 0.3 is 12.4 Å². The average Bonchev–Trinajstić information content (AvgIpc) is 3.25. The number of ether oxygens (including phenoxy) is 1. The molecule has 8 heteroatoms. The summed E-state index contributed by atoms with van der Waals surface area (Å²) in [6, 6.07) is 7.93. The van der Waals surface area contributed by atoms with E-state index in [1.807, 2.05) is 24.3 Å². The zero-order valence-corrected chi connectivity index (χ0v) is 22.0. The van der Waals surface area contributed by atoms with Crippen molar-refractivity contribution in [2.75, 3.05) is 0 Å². The molecule has 1 aromatic heterocycles.